The van der Waals surface area contributed by atoms with Gasteiger partial charge in [0.25, 0.3) is 0 Å². The van der Waals surface area contributed by atoms with Crippen molar-refractivity contribution < 1.29 is 31.8 Å². The van der Waals surface area contributed by atoms with Crippen molar-refractivity contribution in [3.63, 3.8) is 0 Å². The van der Waals surface area contributed by atoms with E-state index in [1.165, 1.54) is 0 Å². The van der Waals surface area contributed by atoms with Crippen LogP contribution >= 0.6 is 11.6 Å². The van der Waals surface area contributed by atoms with E-state index in [9.17, 15) is 26.3 Å². The van der Waals surface area contributed by atoms with E-state index in [0.29, 0.717) is 6.92 Å². The summed E-state index contributed by atoms with van der Waals surface area (Å²) in [6.07, 6.45) is -10.0. The van der Waals surface area contributed by atoms with Gasteiger partial charge in [-0.25, -0.2) is 4.98 Å². The van der Waals surface area contributed by atoms with E-state index in [2.05, 4.69) is 19.9 Å². The van der Waals surface area contributed by atoms with Crippen LogP contribution in [0.3, 0.4) is 0 Å². The van der Waals surface area contributed by atoms with Crippen molar-refractivity contribution in [2.24, 2.45) is 0 Å². The minimum Gasteiger partial charge on any atom is -0.343 e. The lowest BCUT2D eigenvalue weighted by Gasteiger charge is -2.20. The van der Waals surface area contributed by atoms with Gasteiger partial charge in [-0.15, -0.1) is 0 Å². The SMILES string of the molecule is [2H]c1cc(Cl)nc(-c2nc(N[C@H](C([2H])([2H])[2H])C(F)(F)F)nc(N[C@H](C)C(F)(F)F)n2)c1. The monoisotopic (exact) mass is 418 g/mol. The molecule has 0 unspecified atom stereocenters. The molecule has 2 rings (SSSR count). The van der Waals surface area contributed by atoms with E-state index in [4.69, 9.17) is 17.1 Å². The van der Waals surface area contributed by atoms with E-state index < -0.39 is 49.0 Å². The number of halogens is 7. The molecule has 0 saturated carbocycles. The van der Waals surface area contributed by atoms with Gasteiger partial charge in [-0.05, 0) is 25.9 Å². The number of anilines is 2. The fourth-order valence-electron chi connectivity index (χ4n) is 1.59. The van der Waals surface area contributed by atoms with E-state index in [0.717, 1.165) is 12.1 Å². The lowest BCUT2D eigenvalue weighted by atomic mass is 10.3. The zero-order chi connectivity index (χ0) is 23.8. The largest absolute Gasteiger partial charge is 0.408 e. The van der Waals surface area contributed by atoms with Crippen molar-refractivity contribution in [3.8, 4) is 11.5 Å². The van der Waals surface area contributed by atoms with E-state index in [1.807, 2.05) is 5.32 Å². The first-order valence-electron chi connectivity index (χ1n) is 9.04. The molecule has 2 atom stereocenters. The highest BCUT2D eigenvalue weighted by Crippen LogP contribution is 2.26. The van der Waals surface area contributed by atoms with Crippen molar-refractivity contribution in [2.75, 3.05) is 10.6 Å². The molecule has 0 fully saturated rings. The van der Waals surface area contributed by atoms with Gasteiger partial charge < -0.3 is 10.6 Å². The van der Waals surface area contributed by atoms with Gasteiger partial charge in [0.15, 0.2) is 5.82 Å². The summed E-state index contributed by atoms with van der Waals surface area (Å²) in [5.74, 6) is -2.33. The van der Waals surface area contributed by atoms with Gasteiger partial charge in [-0.3, -0.25) is 0 Å². The number of nitrogens with one attached hydrogen (secondary N) is 2. The summed E-state index contributed by atoms with van der Waals surface area (Å²) in [6.45, 7) is -2.88. The average molecular weight is 419 g/mol. The number of hydrogen-bond donors (Lipinski definition) is 2. The molecule has 0 aliphatic carbocycles. The van der Waals surface area contributed by atoms with Gasteiger partial charge in [0.2, 0.25) is 11.9 Å². The quantitative estimate of drug-likeness (QED) is 0.556. The number of aromatic nitrogens is 4. The summed E-state index contributed by atoms with van der Waals surface area (Å²) in [5.41, 5.74) is -0.261. The molecule has 2 N–H and O–H groups in total. The minimum absolute atomic E-state index is 0.196. The van der Waals surface area contributed by atoms with Crippen LogP contribution in [-0.4, -0.2) is 44.4 Å². The van der Waals surface area contributed by atoms with Crippen LogP contribution < -0.4 is 10.6 Å². The van der Waals surface area contributed by atoms with Crippen molar-refractivity contribution in [1.29, 1.82) is 0 Å². The molecule has 6 nitrogen and oxygen atoms in total. The molecule has 0 aliphatic heterocycles. The van der Waals surface area contributed by atoms with Gasteiger partial charge in [0, 0.05) is 4.11 Å². The molecular weight excluding hydrogens is 402 g/mol. The number of rotatable bonds is 5. The Balaban J connectivity index is 2.57. The first-order valence-corrected chi connectivity index (χ1v) is 7.42. The van der Waals surface area contributed by atoms with Crippen LogP contribution in [0, 0.1) is 0 Å². The van der Waals surface area contributed by atoms with Crippen molar-refractivity contribution in [3.05, 3.63) is 23.3 Å². The summed E-state index contributed by atoms with van der Waals surface area (Å²) < 4.78 is 107. The van der Waals surface area contributed by atoms with Crippen LogP contribution in [0.2, 0.25) is 5.15 Å². The number of hydrogen-bond acceptors (Lipinski definition) is 6. The highest BCUT2D eigenvalue weighted by Gasteiger charge is 2.38. The minimum atomic E-state index is -5.27. The van der Waals surface area contributed by atoms with Gasteiger partial charge in [-0.2, -0.15) is 41.3 Å². The number of alkyl halides is 6. The Labute approximate surface area is 160 Å². The maximum atomic E-state index is 13.2. The Morgan fingerprint density at radius 3 is 2.00 bits per heavy atom. The predicted octanol–water partition coefficient (Wildman–Crippen LogP) is 4.31. The molecule has 13 heteroatoms. The summed E-state index contributed by atoms with van der Waals surface area (Å²) in [6, 6.07) is -3.37. The highest BCUT2D eigenvalue weighted by molar-refractivity contribution is 6.29. The second-order valence-electron chi connectivity index (χ2n) is 5.11. The Bertz CT molecular complexity index is 905. The molecule has 2 aromatic rings. The van der Waals surface area contributed by atoms with Crippen LogP contribution in [0.25, 0.3) is 11.5 Å². The second kappa shape index (κ2) is 7.71. The van der Waals surface area contributed by atoms with Crippen molar-refractivity contribution >= 4 is 23.5 Å². The summed E-state index contributed by atoms with van der Waals surface area (Å²) in [4.78, 5) is 14.5. The molecule has 0 radical (unpaired) electrons. The predicted molar refractivity (Wildman–Crippen MR) is 86.3 cm³/mol. The van der Waals surface area contributed by atoms with Crippen LogP contribution in [0.5, 0.6) is 0 Å². The standard InChI is InChI=1S/C14H13ClF6N6/c1-6(13(16,17)18)22-11-25-10(8-4-3-5-9(15)24-8)26-12(27-11)23-7(2)14(19,20)21/h3-7H,1-2H3,(H2,22,23,25,26,27)/t6-,7-/m1/s1/i1D3,3D. The molecular formula is C14H13ClF6N6. The molecule has 0 spiro atoms. The lowest BCUT2D eigenvalue weighted by Crippen LogP contribution is -2.35. The zero-order valence-corrected chi connectivity index (χ0v) is 14.0. The molecule has 2 aromatic heterocycles. The van der Waals surface area contributed by atoms with Gasteiger partial charge in [0.1, 0.15) is 22.9 Å². The summed E-state index contributed by atoms with van der Waals surface area (Å²) >= 11 is 5.72. The molecule has 0 saturated heterocycles. The zero-order valence-electron chi connectivity index (χ0n) is 17.2. The molecule has 0 aromatic carbocycles. The van der Waals surface area contributed by atoms with Crippen molar-refractivity contribution in [2.45, 2.75) is 38.2 Å². The molecule has 0 aliphatic rings. The van der Waals surface area contributed by atoms with Crippen LogP contribution in [0.4, 0.5) is 38.2 Å². The average Bonchev–Trinajstić information content (AvgIpc) is 2.56. The van der Waals surface area contributed by atoms with E-state index >= 15 is 0 Å². The Morgan fingerprint density at radius 2 is 1.52 bits per heavy atom. The topological polar surface area (TPSA) is 75.6 Å². The van der Waals surface area contributed by atoms with Gasteiger partial charge in [-0.1, -0.05) is 17.6 Å². The van der Waals surface area contributed by atoms with Crippen LogP contribution in [0.15, 0.2) is 18.2 Å². The molecule has 2 heterocycles. The van der Waals surface area contributed by atoms with Crippen LogP contribution in [0.1, 0.15) is 19.3 Å². The number of pyridine rings is 1. The second-order valence-corrected chi connectivity index (χ2v) is 5.50. The maximum Gasteiger partial charge on any atom is 0.408 e. The van der Waals surface area contributed by atoms with Crippen molar-refractivity contribution in [1.82, 2.24) is 19.9 Å². The summed E-state index contributed by atoms with van der Waals surface area (Å²) in [7, 11) is 0. The normalized spacial score (nSPS) is 17.2. The summed E-state index contributed by atoms with van der Waals surface area (Å²) in [5, 5.41) is 3.21. The molecule has 148 valence electrons. The van der Waals surface area contributed by atoms with E-state index in [1.54, 1.807) is 5.32 Å². The third-order valence-corrected chi connectivity index (χ3v) is 3.15. The fraction of sp³-hybridized carbons (Fsp3) is 0.429. The molecule has 0 bridgehead atoms. The van der Waals surface area contributed by atoms with Gasteiger partial charge in [0.05, 0.1) is 1.37 Å². The Kier molecular flexibility index (Phi) is 4.47. The number of nitrogens with zero attached hydrogens (tertiary/aromatic N) is 4. The third kappa shape index (κ3) is 5.81. The van der Waals surface area contributed by atoms with Crippen LogP contribution in [-0.2, 0) is 0 Å². The molecule has 0 amide bonds. The third-order valence-electron chi connectivity index (χ3n) is 2.95. The fourth-order valence-corrected chi connectivity index (χ4v) is 1.74. The first kappa shape index (κ1) is 15.7. The van der Waals surface area contributed by atoms with Gasteiger partial charge >= 0.3 is 12.4 Å². The lowest BCUT2D eigenvalue weighted by molar-refractivity contribution is -0.139. The van der Waals surface area contributed by atoms with E-state index in [-0.39, 0.29) is 16.9 Å². The Hall–Kier alpha value is -2.37. The smallest absolute Gasteiger partial charge is 0.343 e. The highest BCUT2D eigenvalue weighted by atomic mass is 35.5. The maximum absolute atomic E-state index is 13.2. The first-order chi connectivity index (χ1) is 14.0. The Morgan fingerprint density at radius 1 is 0.963 bits per heavy atom. The molecule has 27 heavy (non-hydrogen) atoms.